The van der Waals surface area contributed by atoms with E-state index in [0.717, 1.165) is 18.1 Å². The van der Waals surface area contributed by atoms with Gasteiger partial charge in [0.05, 0.1) is 0 Å². The third-order valence-electron chi connectivity index (χ3n) is 1.92. The molecule has 0 aliphatic carbocycles. The van der Waals surface area contributed by atoms with Crippen molar-refractivity contribution in [2.45, 2.75) is 13.0 Å². The van der Waals surface area contributed by atoms with Crippen LogP contribution in [0.5, 0.6) is 0 Å². The maximum atomic E-state index is 5.48. The number of aryl methyl sites for hydroxylation is 1. The number of hydrogen-bond donors (Lipinski definition) is 3. The summed E-state index contributed by atoms with van der Waals surface area (Å²) >= 11 is 4.96. The van der Waals surface area contributed by atoms with Gasteiger partial charge in [0.1, 0.15) is 17.6 Å². The van der Waals surface area contributed by atoms with Crippen molar-refractivity contribution in [1.29, 1.82) is 0 Å². The van der Waals surface area contributed by atoms with Gasteiger partial charge < -0.3 is 9.73 Å². The molecule has 2 rings (SSSR count). The normalized spacial score (nSPS) is 22.2. The predicted molar refractivity (Wildman–Crippen MR) is 53.1 cm³/mol. The quantitative estimate of drug-likeness (QED) is 0.576. The minimum Gasteiger partial charge on any atom is -0.464 e. The lowest BCUT2D eigenvalue weighted by atomic mass is 10.2. The van der Waals surface area contributed by atoms with Crippen LogP contribution >= 0.6 is 12.2 Å². The van der Waals surface area contributed by atoms with Gasteiger partial charge in [0.15, 0.2) is 5.11 Å². The fraction of sp³-hybridized carbons (Fsp3) is 0.375. The van der Waals surface area contributed by atoms with Crippen LogP contribution in [0.15, 0.2) is 16.5 Å². The van der Waals surface area contributed by atoms with Crippen molar-refractivity contribution in [3.8, 4) is 0 Å². The summed E-state index contributed by atoms with van der Waals surface area (Å²) in [5.41, 5.74) is 5.80. The Morgan fingerprint density at radius 2 is 2.38 bits per heavy atom. The standard InChI is InChI=1S/C8H11N3OS/c1-5-2-3-7(12-5)6-4-9-11-8(13)10-6/h2-3,6,9H,4H2,1H3,(H2,10,11,13). The van der Waals surface area contributed by atoms with E-state index >= 15 is 0 Å². The van der Waals surface area contributed by atoms with Crippen LogP contribution in [0.1, 0.15) is 17.6 Å². The molecule has 1 unspecified atom stereocenters. The van der Waals surface area contributed by atoms with Crippen LogP contribution < -0.4 is 16.2 Å². The highest BCUT2D eigenvalue weighted by atomic mass is 32.1. The first-order valence-electron chi connectivity index (χ1n) is 4.11. The molecule has 1 aliphatic heterocycles. The van der Waals surface area contributed by atoms with Crippen molar-refractivity contribution in [2.24, 2.45) is 0 Å². The molecule has 1 atom stereocenters. The summed E-state index contributed by atoms with van der Waals surface area (Å²) in [6, 6.07) is 4.03. The van der Waals surface area contributed by atoms with Gasteiger partial charge in [-0.05, 0) is 31.3 Å². The minimum atomic E-state index is 0.127. The van der Waals surface area contributed by atoms with Crippen LogP contribution in [0.25, 0.3) is 0 Å². The summed E-state index contributed by atoms with van der Waals surface area (Å²) in [5.74, 6) is 1.83. The van der Waals surface area contributed by atoms with Gasteiger partial charge in [0.25, 0.3) is 0 Å². The second-order valence-electron chi connectivity index (χ2n) is 2.98. The maximum Gasteiger partial charge on any atom is 0.181 e. The molecule has 0 radical (unpaired) electrons. The highest BCUT2D eigenvalue weighted by Crippen LogP contribution is 2.16. The van der Waals surface area contributed by atoms with E-state index in [4.69, 9.17) is 16.6 Å². The third kappa shape index (κ3) is 1.81. The molecule has 0 aromatic carbocycles. The second kappa shape index (κ2) is 3.35. The van der Waals surface area contributed by atoms with E-state index in [1.807, 2.05) is 19.1 Å². The lowest BCUT2D eigenvalue weighted by molar-refractivity contribution is 0.390. The average molecular weight is 197 g/mol. The molecule has 70 valence electrons. The molecule has 0 saturated carbocycles. The number of rotatable bonds is 1. The summed E-state index contributed by atoms with van der Waals surface area (Å²) in [5, 5.41) is 3.71. The van der Waals surface area contributed by atoms with Gasteiger partial charge in [-0.3, -0.25) is 5.43 Å². The van der Waals surface area contributed by atoms with Crippen molar-refractivity contribution >= 4 is 17.3 Å². The first kappa shape index (κ1) is 8.52. The van der Waals surface area contributed by atoms with E-state index in [1.165, 1.54) is 0 Å². The van der Waals surface area contributed by atoms with Crippen molar-refractivity contribution in [3.63, 3.8) is 0 Å². The smallest absolute Gasteiger partial charge is 0.181 e. The molecule has 5 heteroatoms. The number of hydrogen-bond acceptors (Lipinski definition) is 3. The van der Waals surface area contributed by atoms with E-state index in [0.29, 0.717) is 5.11 Å². The van der Waals surface area contributed by atoms with E-state index < -0.39 is 0 Å². The average Bonchev–Trinajstić information content (AvgIpc) is 2.52. The van der Waals surface area contributed by atoms with Crippen LogP contribution in [0, 0.1) is 6.92 Å². The first-order chi connectivity index (χ1) is 6.25. The fourth-order valence-corrected chi connectivity index (χ4v) is 1.51. The van der Waals surface area contributed by atoms with Gasteiger partial charge in [0, 0.05) is 6.54 Å². The van der Waals surface area contributed by atoms with Gasteiger partial charge in [0.2, 0.25) is 0 Å². The monoisotopic (exact) mass is 197 g/mol. The largest absolute Gasteiger partial charge is 0.464 e. The summed E-state index contributed by atoms with van der Waals surface area (Å²) in [6.07, 6.45) is 0. The zero-order valence-corrected chi connectivity index (χ0v) is 8.07. The Balaban J connectivity index is 2.12. The molecule has 13 heavy (non-hydrogen) atoms. The van der Waals surface area contributed by atoms with Crippen LogP contribution in [0.2, 0.25) is 0 Å². The summed E-state index contributed by atoms with van der Waals surface area (Å²) in [6.45, 7) is 2.68. The highest BCUT2D eigenvalue weighted by molar-refractivity contribution is 7.80. The van der Waals surface area contributed by atoms with E-state index in [1.54, 1.807) is 0 Å². The molecular formula is C8H11N3OS. The molecule has 0 amide bonds. The second-order valence-corrected chi connectivity index (χ2v) is 3.39. The van der Waals surface area contributed by atoms with E-state index in [-0.39, 0.29) is 6.04 Å². The Kier molecular flexibility index (Phi) is 2.20. The van der Waals surface area contributed by atoms with Gasteiger partial charge in [-0.2, -0.15) is 0 Å². The Labute approximate surface area is 81.7 Å². The van der Waals surface area contributed by atoms with Gasteiger partial charge in [-0.1, -0.05) is 0 Å². The van der Waals surface area contributed by atoms with Crippen LogP contribution in [-0.4, -0.2) is 11.7 Å². The topological polar surface area (TPSA) is 49.2 Å². The van der Waals surface area contributed by atoms with Crippen LogP contribution in [0.4, 0.5) is 0 Å². The van der Waals surface area contributed by atoms with Crippen molar-refractivity contribution < 1.29 is 4.42 Å². The van der Waals surface area contributed by atoms with Crippen LogP contribution in [-0.2, 0) is 0 Å². The molecule has 0 bridgehead atoms. The SMILES string of the molecule is Cc1ccc(C2CNNC(=S)N2)o1. The maximum absolute atomic E-state index is 5.48. The molecule has 1 aromatic rings. The Morgan fingerprint density at radius 3 is 3.00 bits per heavy atom. The number of hydrazine groups is 1. The molecule has 0 spiro atoms. The fourth-order valence-electron chi connectivity index (χ4n) is 1.29. The Hall–Kier alpha value is -1.07. The summed E-state index contributed by atoms with van der Waals surface area (Å²) in [4.78, 5) is 0. The molecule has 2 heterocycles. The summed E-state index contributed by atoms with van der Waals surface area (Å²) < 4.78 is 5.48. The number of furan rings is 1. The third-order valence-corrected chi connectivity index (χ3v) is 2.14. The lowest BCUT2D eigenvalue weighted by Gasteiger charge is -2.25. The molecule has 1 fully saturated rings. The zero-order valence-electron chi connectivity index (χ0n) is 7.26. The Morgan fingerprint density at radius 1 is 1.54 bits per heavy atom. The minimum absolute atomic E-state index is 0.127. The van der Waals surface area contributed by atoms with Gasteiger partial charge >= 0.3 is 0 Å². The molecule has 1 saturated heterocycles. The molecule has 4 nitrogen and oxygen atoms in total. The number of nitrogens with one attached hydrogen (secondary N) is 3. The Bertz CT molecular complexity index is 323. The van der Waals surface area contributed by atoms with Gasteiger partial charge in [-0.25, -0.2) is 5.43 Å². The van der Waals surface area contributed by atoms with Crippen LogP contribution in [0.3, 0.4) is 0 Å². The molecule has 1 aromatic heterocycles. The van der Waals surface area contributed by atoms with Crippen molar-refractivity contribution in [2.75, 3.05) is 6.54 Å². The van der Waals surface area contributed by atoms with Crippen molar-refractivity contribution in [3.05, 3.63) is 23.7 Å². The molecule has 1 aliphatic rings. The summed E-state index contributed by atoms with van der Waals surface area (Å²) in [7, 11) is 0. The van der Waals surface area contributed by atoms with Gasteiger partial charge in [-0.15, -0.1) is 0 Å². The predicted octanol–water partition coefficient (Wildman–Crippen LogP) is 0.611. The molecule has 3 N–H and O–H groups in total. The van der Waals surface area contributed by atoms with Crippen molar-refractivity contribution in [1.82, 2.24) is 16.2 Å². The lowest BCUT2D eigenvalue weighted by Crippen LogP contribution is -2.54. The number of thiocarbonyl (C=S) groups is 1. The first-order valence-corrected chi connectivity index (χ1v) is 4.52. The zero-order chi connectivity index (χ0) is 9.26. The molecular weight excluding hydrogens is 186 g/mol. The highest BCUT2D eigenvalue weighted by Gasteiger charge is 2.19. The van der Waals surface area contributed by atoms with E-state index in [2.05, 4.69) is 16.2 Å². The van der Waals surface area contributed by atoms with E-state index in [9.17, 15) is 0 Å².